The van der Waals surface area contributed by atoms with Crippen molar-refractivity contribution in [3.05, 3.63) is 15.5 Å². The molecule has 0 bridgehead atoms. The molecule has 2 rings (SSSR count). The second kappa shape index (κ2) is 5.29. The number of rotatable bonds is 4. The van der Waals surface area contributed by atoms with E-state index in [-0.39, 0.29) is 0 Å². The van der Waals surface area contributed by atoms with Crippen LogP contribution in [0.2, 0.25) is 0 Å². The molecule has 0 saturated heterocycles. The average Bonchev–Trinajstić information content (AvgIpc) is 2.83. The Morgan fingerprint density at radius 3 is 2.67 bits per heavy atom. The molecule has 0 spiro atoms. The van der Waals surface area contributed by atoms with Gasteiger partial charge < -0.3 is 9.32 Å². The Kier molecular flexibility index (Phi) is 3.94. The highest BCUT2D eigenvalue weighted by Crippen LogP contribution is 2.33. The van der Waals surface area contributed by atoms with E-state index in [1.165, 1.54) is 0 Å². The van der Waals surface area contributed by atoms with Gasteiger partial charge in [-0.3, -0.25) is 0 Å². The molecule has 0 unspecified atom stereocenters. The van der Waals surface area contributed by atoms with Crippen molar-refractivity contribution in [3.63, 3.8) is 0 Å². The second-order valence-electron chi connectivity index (χ2n) is 4.63. The third kappa shape index (κ3) is 2.85. The number of hydrogen-bond donors (Lipinski definition) is 1. The van der Waals surface area contributed by atoms with Gasteiger partial charge >= 0.3 is 0 Å². The van der Waals surface area contributed by atoms with Crippen LogP contribution in [-0.4, -0.2) is 34.2 Å². The second-order valence-corrected chi connectivity index (χ2v) is 6.09. The van der Waals surface area contributed by atoms with E-state index in [0.29, 0.717) is 16.6 Å². The van der Waals surface area contributed by atoms with E-state index in [2.05, 4.69) is 33.9 Å². The molecule has 0 aromatic carbocycles. The van der Waals surface area contributed by atoms with Crippen LogP contribution in [0.4, 0.5) is 0 Å². The van der Waals surface area contributed by atoms with Crippen LogP contribution in [0, 0.1) is 4.84 Å². The summed E-state index contributed by atoms with van der Waals surface area (Å²) in [6.45, 7) is 5.04. The summed E-state index contributed by atoms with van der Waals surface area (Å²) in [5, 5.41) is 7.79. The molecule has 1 N–H and O–H groups in total. The van der Waals surface area contributed by atoms with Gasteiger partial charge in [0.2, 0.25) is 0 Å². The van der Waals surface area contributed by atoms with Gasteiger partial charge in [0.1, 0.15) is 9.88 Å². The zero-order valence-corrected chi connectivity index (χ0v) is 12.5. The van der Waals surface area contributed by atoms with Crippen LogP contribution < -0.4 is 0 Å². The SMILES string of the molecule is CC(C)c1nc(CN(C)C)sc1-c1n[nH]c(=S)o1. The van der Waals surface area contributed by atoms with E-state index in [4.69, 9.17) is 16.6 Å². The Bertz CT molecular complexity index is 582. The molecule has 5 nitrogen and oxygen atoms in total. The average molecular weight is 284 g/mol. The number of H-pyrrole nitrogens is 1. The van der Waals surface area contributed by atoms with Crippen molar-refractivity contribution in [1.29, 1.82) is 0 Å². The van der Waals surface area contributed by atoms with Gasteiger partial charge in [0.25, 0.3) is 10.7 Å². The van der Waals surface area contributed by atoms with Crippen molar-refractivity contribution in [2.24, 2.45) is 0 Å². The number of nitrogens with one attached hydrogen (secondary N) is 1. The van der Waals surface area contributed by atoms with Gasteiger partial charge in [0, 0.05) is 6.54 Å². The maximum absolute atomic E-state index is 5.38. The fourth-order valence-electron chi connectivity index (χ4n) is 1.59. The standard InChI is InChI=1S/C11H16N4OS2/c1-6(2)8-9(10-13-14-11(17)16-10)18-7(12-8)5-15(3)4/h6H,5H2,1-4H3,(H,14,17). The van der Waals surface area contributed by atoms with Gasteiger partial charge in [-0.1, -0.05) is 13.8 Å². The minimum atomic E-state index is 0.294. The molecule has 0 aliphatic rings. The van der Waals surface area contributed by atoms with E-state index < -0.39 is 0 Å². The highest BCUT2D eigenvalue weighted by Gasteiger charge is 2.19. The molecule has 2 aromatic rings. The Labute approximate surface area is 115 Å². The van der Waals surface area contributed by atoms with Gasteiger partial charge in [-0.2, -0.15) is 0 Å². The lowest BCUT2D eigenvalue weighted by molar-refractivity contribution is 0.401. The van der Waals surface area contributed by atoms with Crippen molar-refractivity contribution in [1.82, 2.24) is 20.1 Å². The summed E-state index contributed by atoms with van der Waals surface area (Å²) in [6.07, 6.45) is 0. The predicted octanol–water partition coefficient (Wildman–Crippen LogP) is 3.04. The number of nitrogens with zero attached hydrogens (tertiary/aromatic N) is 3. The molecule has 18 heavy (non-hydrogen) atoms. The van der Waals surface area contributed by atoms with Crippen molar-refractivity contribution in [2.45, 2.75) is 26.3 Å². The van der Waals surface area contributed by atoms with Gasteiger partial charge in [0.15, 0.2) is 0 Å². The van der Waals surface area contributed by atoms with Crippen molar-refractivity contribution in [2.75, 3.05) is 14.1 Å². The summed E-state index contributed by atoms with van der Waals surface area (Å²) >= 11 is 6.52. The van der Waals surface area contributed by atoms with Crippen LogP contribution >= 0.6 is 23.6 Å². The van der Waals surface area contributed by atoms with E-state index in [9.17, 15) is 0 Å². The van der Waals surface area contributed by atoms with Crippen molar-refractivity contribution >= 4 is 23.6 Å². The minimum absolute atomic E-state index is 0.294. The molecule has 0 radical (unpaired) electrons. The lowest BCUT2D eigenvalue weighted by Crippen LogP contribution is -2.10. The number of hydrogen-bond acceptors (Lipinski definition) is 6. The highest BCUT2D eigenvalue weighted by atomic mass is 32.1. The highest BCUT2D eigenvalue weighted by molar-refractivity contribution is 7.71. The largest absolute Gasteiger partial charge is 0.408 e. The lowest BCUT2D eigenvalue weighted by Gasteiger charge is -2.05. The Balaban J connectivity index is 2.44. The molecular formula is C11H16N4OS2. The first-order chi connectivity index (χ1) is 8.47. The van der Waals surface area contributed by atoms with Crippen LogP contribution in [0.25, 0.3) is 10.8 Å². The van der Waals surface area contributed by atoms with E-state index >= 15 is 0 Å². The smallest absolute Gasteiger partial charge is 0.284 e. The predicted molar refractivity (Wildman–Crippen MR) is 74.3 cm³/mol. The topological polar surface area (TPSA) is 58.0 Å². The molecule has 0 saturated carbocycles. The zero-order valence-electron chi connectivity index (χ0n) is 10.9. The molecule has 2 aromatic heterocycles. The van der Waals surface area contributed by atoms with Crippen molar-refractivity contribution < 1.29 is 4.42 Å². The number of aromatic nitrogens is 3. The Morgan fingerprint density at radius 2 is 2.17 bits per heavy atom. The fraction of sp³-hybridized carbons (Fsp3) is 0.545. The third-order valence-corrected chi connectivity index (χ3v) is 3.55. The maximum Gasteiger partial charge on any atom is 0.284 e. The Morgan fingerprint density at radius 1 is 1.44 bits per heavy atom. The van der Waals surface area contributed by atoms with Crippen LogP contribution in [-0.2, 0) is 6.54 Å². The molecule has 7 heteroatoms. The molecule has 0 aliphatic heterocycles. The third-order valence-electron chi connectivity index (χ3n) is 2.33. The number of thiazole rings is 1. The summed E-state index contributed by atoms with van der Waals surface area (Å²) in [5.74, 6) is 0.860. The van der Waals surface area contributed by atoms with Crippen LogP contribution in [0.1, 0.15) is 30.5 Å². The van der Waals surface area contributed by atoms with Gasteiger partial charge in [-0.05, 0) is 32.2 Å². The molecule has 0 amide bonds. The lowest BCUT2D eigenvalue weighted by atomic mass is 10.1. The minimum Gasteiger partial charge on any atom is -0.408 e. The summed E-state index contributed by atoms with van der Waals surface area (Å²) in [4.78, 5) is 8.02. The molecule has 0 atom stereocenters. The first-order valence-corrected chi connectivity index (χ1v) is 6.90. The maximum atomic E-state index is 5.38. The van der Waals surface area contributed by atoms with E-state index in [0.717, 1.165) is 22.1 Å². The number of aromatic amines is 1. The zero-order chi connectivity index (χ0) is 13.3. The molecule has 0 aliphatic carbocycles. The van der Waals surface area contributed by atoms with E-state index in [1.807, 2.05) is 14.1 Å². The van der Waals surface area contributed by atoms with Crippen LogP contribution in [0.5, 0.6) is 0 Å². The van der Waals surface area contributed by atoms with E-state index in [1.54, 1.807) is 11.3 Å². The Hall–Kier alpha value is -1.05. The quantitative estimate of drug-likeness (QED) is 0.875. The molecule has 0 fully saturated rings. The summed E-state index contributed by atoms with van der Waals surface area (Å²) in [7, 11) is 4.05. The molecule has 98 valence electrons. The first-order valence-electron chi connectivity index (χ1n) is 5.67. The van der Waals surface area contributed by atoms with Crippen LogP contribution in [0.3, 0.4) is 0 Å². The molecule has 2 heterocycles. The van der Waals surface area contributed by atoms with Gasteiger partial charge in [-0.25, -0.2) is 10.1 Å². The van der Waals surface area contributed by atoms with Gasteiger partial charge in [-0.15, -0.1) is 16.4 Å². The first kappa shape index (κ1) is 13.4. The monoisotopic (exact) mass is 284 g/mol. The fourth-order valence-corrected chi connectivity index (χ4v) is 2.98. The van der Waals surface area contributed by atoms with Crippen LogP contribution in [0.15, 0.2) is 4.42 Å². The summed E-state index contributed by atoms with van der Waals surface area (Å²) in [5.41, 5.74) is 1.02. The van der Waals surface area contributed by atoms with Crippen molar-refractivity contribution in [3.8, 4) is 10.8 Å². The van der Waals surface area contributed by atoms with Gasteiger partial charge in [0.05, 0.1) is 5.69 Å². The molecular weight excluding hydrogens is 268 g/mol. The summed E-state index contributed by atoms with van der Waals surface area (Å²) < 4.78 is 5.38. The normalized spacial score (nSPS) is 11.7. The summed E-state index contributed by atoms with van der Waals surface area (Å²) in [6, 6.07) is 0.